The number of amides is 1. The highest BCUT2D eigenvalue weighted by Crippen LogP contribution is 2.27. The van der Waals surface area contributed by atoms with Crippen molar-refractivity contribution in [1.82, 2.24) is 10.3 Å². The summed E-state index contributed by atoms with van der Waals surface area (Å²) in [6.45, 7) is 10.3. The lowest BCUT2D eigenvalue weighted by atomic mass is 10.1. The van der Waals surface area contributed by atoms with Crippen LogP contribution in [0.1, 0.15) is 30.4 Å². The Kier molecular flexibility index (Phi) is 6.35. The fraction of sp³-hybridized carbons (Fsp3) is 0.538. The number of nitrogens with two attached hydrogens (primary N) is 1. The zero-order chi connectivity index (χ0) is 15.2. The number of anilines is 2. The summed E-state index contributed by atoms with van der Waals surface area (Å²) in [5, 5.41) is 6.72. The second-order valence-electron chi connectivity index (χ2n) is 5.23. The van der Waals surface area contributed by atoms with Crippen LogP contribution in [-0.4, -0.2) is 34.5 Å². The minimum atomic E-state index is -0.166. The zero-order valence-electron chi connectivity index (χ0n) is 12.2. The Morgan fingerprint density at radius 2 is 2.25 bits per heavy atom. The van der Waals surface area contributed by atoms with Gasteiger partial charge < -0.3 is 16.4 Å². The van der Waals surface area contributed by atoms with Crippen LogP contribution in [0, 0.1) is 0 Å². The first kappa shape index (κ1) is 16.8. The molecular weight excluding hydrogens is 292 g/mol. The molecule has 0 fully saturated rings. The molecule has 20 heavy (non-hydrogen) atoms. The molecule has 0 atom stereocenters. The van der Waals surface area contributed by atoms with Gasteiger partial charge >= 0.3 is 0 Å². The van der Waals surface area contributed by atoms with E-state index >= 15 is 0 Å². The van der Waals surface area contributed by atoms with Crippen molar-refractivity contribution in [3.8, 4) is 0 Å². The number of nitrogen functional groups attached to an aromatic ring is 1. The lowest BCUT2D eigenvalue weighted by molar-refractivity contribution is 0.0961. The molecule has 0 saturated carbocycles. The molecule has 5 nitrogen and oxygen atoms in total. The van der Waals surface area contributed by atoms with Crippen LogP contribution in [-0.2, 0) is 0 Å². The van der Waals surface area contributed by atoms with Crippen molar-refractivity contribution in [2.45, 2.75) is 26.3 Å². The van der Waals surface area contributed by atoms with Crippen molar-refractivity contribution in [2.75, 3.05) is 29.1 Å². The van der Waals surface area contributed by atoms with Gasteiger partial charge in [0.05, 0.1) is 0 Å². The second-order valence-corrected chi connectivity index (χ2v) is 7.38. The molecule has 0 radical (unpaired) electrons. The number of nitrogens with zero attached hydrogens (tertiary/aromatic N) is 1. The Balaban J connectivity index is 2.53. The molecule has 1 aromatic rings. The van der Waals surface area contributed by atoms with Crippen LogP contribution in [0.15, 0.2) is 12.7 Å². The summed E-state index contributed by atoms with van der Waals surface area (Å²) in [4.78, 5) is 16.6. The van der Waals surface area contributed by atoms with Crippen LogP contribution in [0.5, 0.6) is 0 Å². The van der Waals surface area contributed by atoms with Gasteiger partial charge in [0.2, 0.25) is 0 Å². The Bertz CT molecular complexity index is 465. The number of hydrogen-bond acceptors (Lipinski definition) is 6. The average molecular weight is 314 g/mol. The third kappa shape index (κ3) is 5.83. The van der Waals surface area contributed by atoms with Crippen LogP contribution in [0.2, 0.25) is 0 Å². The molecular formula is C13H22N4OS2. The zero-order valence-corrected chi connectivity index (χ0v) is 13.8. The molecule has 1 rings (SSSR count). The van der Waals surface area contributed by atoms with E-state index in [2.05, 4.69) is 22.2 Å². The molecule has 1 heterocycles. The Hall–Kier alpha value is -1.21. The summed E-state index contributed by atoms with van der Waals surface area (Å²) in [5.41, 5.74) is 5.68. The summed E-state index contributed by atoms with van der Waals surface area (Å²) >= 11 is 3.00. The molecule has 0 saturated heterocycles. The molecule has 1 aromatic heterocycles. The van der Waals surface area contributed by atoms with Gasteiger partial charge in [-0.1, -0.05) is 17.4 Å². The second kappa shape index (κ2) is 7.54. The van der Waals surface area contributed by atoms with Crippen LogP contribution < -0.4 is 16.4 Å². The number of aromatic nitrogens is 1. The Morgan fingerprint density at radius 1 is 1.55 bits per heavy atom. The van der Waals surface area contributed by atoms with E-state index in [1.165, 1.54) is 11.3 Å². The summed E-state index contributed by atoms with van der Waals surface area (Å²) in [6, 6.07) is 0. The summed E-state index contributed by atoms with van der Waals surface area (Å²) in [5.74, 6) is 1.85. The highest BCUT2D eigenvalue weighted by Gasteiger charge is 2.18. The number of nitrogens with one attached hydrogen (secondary N) is 2. The third-order valence-corrected chi connectivity index (χ3v) is 4.06. The van der Waals surface area contributed by atoms with Crippen LogP contribution >= 0.6 is 23.1 Å². The van der Waals surface area contributed by atoms with Crippen molar-refractivity contribution in [1.29, 1.82) is 0 Å². The van der Waals surface area contributed by atoms with E-state index in [-0.39, 0.29) is 17.3 Å². The maximum absolute atomic E-state index is 12.0. The number of thiazole rings is 1. The molecule has 0 aromatic carbocycles. The van der Waals surface area contributed by atoms with Crippen molar-refractivity contribution in [3.63, 3.8) is 0 Å². The van der Waals surface area contributed by atoms with Crippen molar-refractivity contribution in [2.24, 2.45) is 0 Å². The topological polar surface area (TPSA) is 80.0 Å². The summed E-state index contributed by atoms with van der Waals surface area (Å²) in [7, 11) is 0. The first-order valence-electron chi connectivity index (χ1n) is 6.35. The molecule has 0 aliphatic carbocycles. The maximum atomic E-state index is 12.0. The minimum absolute atomic E-state index is 0.112. The lowest BCUT2D eigenvalue weighted by Crippen LogP contribution is -2.26. The van der Waals surface area contributed by atoms with E-state index in [0.717, 1.165) is 11.5 Å². The smallest absolute Gasteiger partial charge is 0.265 e. The van der Waals surface area contributed by atoms with Crippen LogP contribution in [0.25, 0.3) is 0 Å². The first-order chi connectivity index (χ1) is 9.33. The van der Waals surface area contributed by atoms with E-state index in [4.69, 9.17) is 5.73 Å². The van der Waals surface area contributed by atoms with E-state index in [9.17, 15) is 4.79 Å². The minimum Gasteiger partial charge on any atom is -0.382 e. The SMILES string of the molecule is C=CCSCCNC(=O)c1sc(NC(C)(C)C)nc1N. The standard InChI is InChI=1S/C13H22N4OS2/c1-5-7-19-8-6-15-11(18)9-10(14)16-12(20-9)17-13(2,3)4/h5H,1,6-8,14H2,2-4H3,(H,15,18)(H,16,17). The van der Waals surface area contributed by atoms with E-state index in [0.29, 0.717) is 16.6 Å². The molecule has 0 aliphatic rings. The van der Waals surface area contributed by atoms with Gasteiger partial charge in [0.25, 0.3) is 5.91 Å². The van der Waals surface area contributed by atoms with Gasteiger partial charge in [-0.15, -0.1) is 6.58 Å². The van der Waals surface area contributed by atoms with Gasteiger partial charge in [-0.2, -0.15) is 11.8 Å². The third-order valence-electron chi connectivity index (χ3n) is 2.11. The van der Waals surface area contributed by atoms with E-state index in [1.54, 1.807) is 11.8 Å². The largest absolute Gasteiger partial charge is 0.382 e. The van der Waals surface area contributed by atoms with Crippen LogP contribution in [0.3, 0.4) is 0 Å². The predicted molar refractivity (Wildman–Crippen MR) is 89.8 cm³/mol. The van der Waals surface area contributed by atoms with Gasteiger partial charge in [-0.3, -0.25) is 4.79 Å². The fourth-order valence-corrected chi connectivity index (χ4v) is 2.94. The Labute approximate surface area is 128 Å². The van der Waals surface area contributed by atoms with E-state index in [1.807, 2.05) is 26.8 Å². The molecule has 0 aliphatic heterocycles. The highest BCUT2D eigenvalue weighted by atomic mass is 32.2. The monoisotopic (exact) mass is 314 g/mol. The normalized spacial score (nSPS) is 11.2. The first-order valence-corrected chi connectivity index (χ1v) is 8.32. The quantitative estimate of drug-likeness (QED) is 0.532. The summed E-state index contributed by atoms with van der Waals surface area (Å²) < 4.78 is 0. The molecule has 0 spiro atoms. The van der Waals surface area contributed by atoms with Crippen molar-refractivity contribution in [3.05, 3.63) is 17.5 Å². The molecule has 0 unspecified atom stereocenters. The number of hydrogen-bond donors (Lipinski definition) is 3. The predicted octanol–water partition coefficient (Wildman–Crippen LogP) is 2.58. The van der Waals surface area contributed by atoms with Crippen molar-refractivity contribution < 1.29 is 4.79 Å². The molecule has 112 valence electrons. The van der Waals surface area contributed by atoms with Gasteiger partial charge in [0.15, 0.2) is 5.13 Å². The molecule has 1 amide bonds. The number of rotatable bonds is 7. The fourth-order valence-electron chi connectivity index (χ4n) is 1.35. The van der Waals surface area contributed by atoms with Gasteiger partial charge in [0.1, 0.15) is 10.7 Å². The highest BCUT2D eigenvalue weighted by molar-refractivity contribution is 7.99. The number of carbonyl (C=O) groups excluding carboxylic acids is 1. The van der Waals surface area contributed by atoms with Gasteiger partial charge in [-0.05, 0) is 20.8 Å². The number of thioether (sulfide) groups is 1. The van der Waals surface area contributed by atoms with Crippen molar-refractivity contribution >= 4 is 40.0 Å². The van der Waals surface area contributed by atoms with E-state index < -0.39 is 0 Å². The van der Waals surface area contributed by atoms with Gasteiger partial charge in [-0.25, -0.2) is 4.98 Å². The lowest BCUT2D eigenvalue weighted by Gasteiger charge is -2.19. The molecule has 4 N–H and O–H groups in total. The average Bonchev–Trinajstić information content (AvgIpc) is 2.67. The summed E-state index contributed by atoms with van der Waals surface area (Å²) in [6.07, 6.45) is 1.85. The molecule has 0 bridgehead atoms. The molecule has 7 heteroatoms. The van der Waals surface area contributed by atoms with Crippen LogP contribution in [0.4, 0.5) is 10.9 Å². The Morgan fingerprint density at radius 3 is 2.85 bits per heavy atom. The number of carbonyl (C=O) groups is 1. The van der Waals surface area contributed by atoms with Gasteiger partial charge in [0, 0.05) is 23.6 Å². The maximum Gasteiger partial charge on any atom is 0.265 e.